The van der Waals surface area contributed by atoms with Gasteiger partial charge in [-0.1, -0.05) is 11.6 Å². The van der Waals surface area contributed by atoms with Crippen LogP contribution in [0, 0.1) is 16.0 Å². The van der Waals surface area contributed by atoms with Crippen LogP contribution in [0.4, 0.5) is 5.69 Å². The summed E-state index contributed by atoms with van der Waals surface area (Å²) in [5.41, 5.74) is 0.377. The second-order valence-corrected chi connectivity index (χ2v) is 3.90. The zero-order valence-electron chi connectivity index (χ0n) is 8.47. The van der Waals surface area contributed by atoms with Gasteiger partial charge in [0, 0.05) is 35.8 Å². The highest BCUT2D eigenvalue weighted by molar-refractivity contribution is 6.30. The minimum Gasteiger partial charge on any atom is -0.396 e. The van der Waals surface area contributed by atoms with Crippen LogP contribution in [0.1, 0.15) is 5.56 Å². The Bertz CT molecular complexity index is 379. The lowest BCUT2D eigenvalue weighted by atomic mass is 9.99. The Morgan fingerprint density at radius 3 is 2.50 bits per heavy atom. The van der Waals surface area contributed by atoms with Gasteiger partial charge in [-0.2, -0.15) is 0 Å². The number of aliphatic hydroxyl groups excluding tert-OH is 2. The largest absolute Gasteiger partial charge is 0.396 e. The monoisotopic (exact) mass is 245 g/mol. The van der Waals surface area contributed by atoms with E-state index >= 15 is 0 Å². The smallest absolute Gasteiger partial charge is 0.272 e. The van der Waals surface area contributed by atoms with Gasteiger partial charge in [0.05, 0.1) is 4.92 Å². The second kappa shape index (κ2) is 5.79. The number of nitro benzene ring substituents is 1. The van der Waals surface area contributed by atoms with Crippen LogP contribution >= 0.6 is 11.6 Å². The first-order valence-electron chi connectivity index (χ1n) is 4.73. The van der Waals surface area contributed by atoms with Gasteiger partial charge in [0.1, 0.15) is 0 Å². The molecule has 1 aromatic carbocycles. The minimum absolute atomic E-state index is 0.0451. The van der Waals surface area contributed by atoms with Gasteiger partial charge in [-0.15, -0.1) is 0 Å². The van der Waals surface area contributed by atoms with Crippen molar-refractivity contribution in [3.05, 3.63) is 38.9 Å². The standard InChI is InChI=1S/C10H12ClNO4/c11-9-1-2-10(12(15)16)8(4-9)3-7(5-13)6-14/h1-2,4,7,13-14H,3,5-6H2. The van der Waals surface area contributed by atoms with E-state index in [1.165, 1.54) is 18.2 Å². The summed E-state index contributed by atoms with van der Waals surface area (Å²) in [6, 6.07) is 4.25. The number of benzene rings is 1. The van der Waals surface area contributed by atoms with E-state index in [1.54, 1.807) is 0 Å². The molecule has 0 saturated carbocycles. The molecule has 0 aliphatic rings. The second-order valence-electron chi connectivity index (χ2n) is 3.47. The summed E-state index contributed by atoms with van der Waals surface area (Å²) in [6.07, 6.45) is 0.226. The van der Waals surface area contributed by atoms with Crippen molar-refractivity contribution in [2.45, 2.75) is 6.42 Å². The molecule has 0 radical (unpaired) electrons. The van der Waals surface area contributed by atoms with Crippen molar-refractivity contribution >= 4 is 17.3 Å². The molecule has 5 nitrogen and oxygen atoms in total. The van der Waals surface area contributed by atoms with Gasteiger partial charge < -0.3 is 10.2 Å². The molecule has 0 amide bonds. The van der Waals surface area contributed by atoms with Gasteiger partial charge >= 0.3 is 0 Å². The van der Waals surface area contributed by atoms with Gasteiger partial charge in [-0.3, -0.25) is 10.1 Å². The average Bonchev–Trinajstić information content (AvgIpc) is 2.25. The molecule has 0 atom stereocenters. The van der Waals surface area contributed by atoms with Crippen molar-refractivity contribution in [1.82, 2.24) is 0 Å². The molecule has 1 aromatic rings. The Morgan fingerprint density at radius 2 is 2.00 bits per heavy atom. The van der Waals surface area contributed by atoms with E-state index in [4.69, 9.17) is 21.8 Å². The molecule has 88 valence electrons. The number of halogens is 1. The van der Waals surface area contributed by atoms with Gasteiger partial charge in [0.25, 0.3) is 5.69 Å². The molecule has 0 spiro atoms. The van der Waals surface area contributed by atoms with Crippen LogP contribution in [0.25, 0.3) is 0 Å². The summed E-state index contributed by atoms with van der Waals surface area (Å²) >= 11 is 5.74. The Hall–Kier alpha value is -1.17. The molecule has 16 heavy (non-hydrogen) atoms. The van der Waals surface area contributed by atoms with Gasteiger partial charge in [0.15, 0.2) is 0 Å². The summed E-state index contributed by atoms with van der Waals surface area (Å²) in [4.78, 5) is 10.2. The molecule has 0 fully saturated rings. The number of nitrogens with zero attached hydrogens (tertiary/aromatic N) is 1. The molecule has 0 aliphatic carbocycles. The Kier molecular flexibility index (Phi) is 4.67. The lowest BCUT2D eigenvalue weighted by Crippen LogP contribution is -2.14. The summed E-state index contributed by atoms with van der Waals surface area (Å²) in [5.74, 6) is -0.405. The molecule has 0 heterocycles. The molecule has 0 aliphatic heterocycles. The fraction of sp³-hybridized carbons (Fsp3) is 0.400. The zero-order chi connectivity index (χ0) is 12.1. The van der Waals surface area contributed by atoms with E-state index in [-0.39, 0.29) is 25.3 Å². The molecule has 2 N–H and O–H groups in total. The van der Waals surface area contributed by atoms with E-state index in [1.807, 2.05) is 0 Å². The third-order valence-corrected chi connectivity index (χ3v) is 2.50. The molecule has 6 heteroatoms. The molecule has 0 bridgehead atoms. The Balaban J connectivity index is 3.00. The summed E-state index contributed by atoms with van der Waals surface area (Å²) in [5, 5.41) is 29.0. The maximum Gasteiger partial charge on any atom is 0.272 e. The van der Waals surface area contributed by atoms with E-state index in [9.17, 15) is 10.1 Å². The Morgan fingerprint density at radius 1 is 1.38 bits per heavy atom. The maximum absolute atomic E-state index is 10.7. The SMILES string of the molecule is O=[N+]([O-])c1ccc(Cl)cc1CC(CO)CO. The first-order chi connectivity index (χ1) is 7.58. The number of hydrogen-bond donors (Lipinski definition) is 2. The molecule has 0 saturated heterocycles. The van der Waals surface area contributed by atoms with Gasteiger partial charge in [-0.05, 0) is 18.6 Å². The average molecular weight is 246 g/mol. The highest BCUT2D eigenvalue weighted by Crippen LogP contribution is 2.25. The highest BCUT2D eigenvalue weighted by Gasteiger charge is 2.17. The summed E-state index contributed by atoms with van der Waals surface area (Å²) in [6.45, 7) is -0.444. The molecular weight excluding hydrogens is 234 g/mol. The first kappa shape index (κ1) is 12.9. The van der Waals surface area contributed by atoms with E-state index < -0.39 is 10.8 Å². The van der Waals surface area contributed by atoms with Crippen LogP contribution in [0.5, 0.6) is 0 Å². The van der Waals surface area contributed by atoms with Crippen molar-refractivity contribution in [3.63, 3.8) is 0 Å². The van der Waals surface area contributed by atoms with E-state index in [0.29, 0.717) is 10.6 Å². The fourth-order valence-corrected chi connectivity index (χ4v) is 1.59. The highest BCUT2D eigenvalue weighted by atomic mass is 35.5. The van der Waals surface area contributed by atoms with Crippen LogP contribution in [0.3, 0.4) is 0 Å². The lowest BCUT2D eigenvalue weighted by molar-refractivity contribution is -0.385. The predicted octanol–water partition coefficient (Wildman–Crippen LogP) is 1.39. The van der Waals surface area contributed by atoms with Crippen molar-refractivity contribution in [2.75, 3.05) is 13.2 Å². The van der Waals surface area contributed by atoms with Crippen LogP contribution in [-0.4, -0.2) is 28.4 Å². The normalized spacial score (nSPS) is 10.8. The van der Waals surface area contributed by atoms with Crippen LogP contribution in [-0.2, 0) is 6.42 Å². The third-order valence-electron chi connectivity index (χ3n) is 2.26. The first-order valence-corrected chi connectivity index (χ1v) is 5.10. The van der Waals surface area contributed by atoms with Crippen LogP contribution < -0.4 is 0 Å². The van der Waals surface area contributed by atoms with E-state index in [0.717, 1.165) is 0 Å². The zero-order valence-corrected chi connectivity index (χ0v) is 9.22. The van der Waals surface area contributed by atoms with Crippen molar-refractivity contribution < 1.29 is 15.1 Å². The van der Waals surface area contributed by atoms with Gasteiger partial charge in [-0.25, -0.2) is 0 Å². The fourth-order valence-electron chi connectivity index (χ4n) is 1.39. The topological polar surface area (TPSA) is 83.6 Å². The molecule has 1 rings (SSSR count). The van der Waals surface area contributed by atoms with Crippen molar-refractivity contribution in [2.24, 2.45) is 5.92 Å². The van der Waals surface area contributed by atoms with Crippen LogP contribution in [0.15, 0.2) is 18.2 Å². The van der Waals surface area contributed by atoms with Crippen LogP contribution in [0.2, 0.25) is 5.02 Å². The predicted molar refractivity (Wildman–Crippen MR) is 59.5 cm³/mol. The quantitative estimate of drug-likeness (QED) is 0.607. The summed E-state index contributed by atoms with van der Waals surface area (Å²) in [7, 11) is 0. The number of aliphatic hydroxyl groups is 2. The molecule has 0 unspecified atom stereocenters. The van der Waals surface area contributed by atoms with Crippen molar-refractivity contribution in [1.29, 1.82) is 0 Å². The van der Waals surface area contributed by atoms with E-state index in [2.05, 4.69) is 0 Å². The number of rotatable bonds is 5. The Labute approximate surface area is 97.4 Å². The molecule has 0 aromatic heterocycles. The lowest BCUT2D eigenvalue weighted by Gasteiger charge is -2.10. The molecular formula is C10H12ClNO4. The third kappa shape index (κ3) is 3.16. The summed E-state index contributed by atoms with van der Waals surface area (Å²) < 4.78 is 0. The number of hydrogen-bond acceptors (Lipinski definition) is 4. The van der Waals surface area contributed by atoms with Gasteiger partial charge in [0.2, 0.25) is 0 Å². The van der Waals surface area contributed by atoms with Crippen molar-refractivity contribution in [3.8, 4) is 0 Å². The number of nitro groups is 1. The minimum atomic E-state index is -0.503. The maximum atomic E-state index is 10.7.